The highest BCUT2D eigenvalue weighted by Crippen LogP contribution is 2.13. The highest BCUT2D eigenvalue weighted by molar-refractivity contribution is 7.09. The number of alkyl halides is 3. The van der Waals surface area contributed by atoms with Crippen molar-refractivity contribution in [2.45, 2.75) is 19.3 Å². The van der Waals surface area contributed by atoms with E-state index in [1.54, 1.807) is 23.7 Å². The van der Waals surface area contributed by atoms with Crippen LogP contribution in [0, 0.1) is 0 Å². The van der Waals surface area contributed by atoms with Crippen molar-refractivity contribution < 1.29 is 23.1 Å². The quantitative estimate of drug-likeness (QED) is 0.624. The SMILES string of the molecule is O=C(O)C(F)(F)F.c1csc(CNCc2nc(-c3ccncc3)n[nH]2)c1. The molecule has 3 rings (SSSR count). The Morgan fingerprint density at radius 2 is 1.92 bits per heavy atom. The van der Waals surface area contributed by atoms with Crippen LogP contribution in [0.15, 0.2) is 42.0 Å². The molecule has 0 aromatic carbocycles. The van der Waals surface area contributed by atoms with Gasteiger partial charge in [0.2, 0.25) is 0 Å². The van der Waals surface area contributed by atoms with Crippen LogP contribution in [0.1, 0.15) is 10.7 Å². The number of nitrogens with zero attached hydrogens (tertiary/aromatic N) is 3. The number of aliphatic carboxylic acids is 1. The summed E-state index contributed by atoms with van der Waals surface area (Å²) in [7, 11) is 0. The molecule has 0 aliphatic carbocycles. The van der Waals surface area contributed by atoms with Crippen molar-refractivity contribution >= 4 is 17.3 Å². The number of rotatable bonds is 5. The number of halogens is 3. The van der Waals surface area contributed by atoms with Crippen LogP contribution in [0.25, 0.3) is 11.4 Å². The molecule has 11 heteroatoms. The van der Waals surface area contributed by atoms with Crippen molar-refractivity contribution in [1.82, 2.24) is 25.5 Å². The molecule has 0 saturated carbocycles. The number of aromatic amines is 1. The molecule has 3 aromatic heterocycles. The van der Waals surface area contributed by atoms with E-state index in [2.05, 4.69) is 43.0 Å². The molecule has 0 spiro atoms. The Labute approximate surface area is 149 Å². The van der Waals surface area contributed by atoms with Crippen molar-refractivity contribution in [2.24, 2.45) is 0 Å². The molecule has 7 nitrogen and oxygen atoms in total. The summed E-state index contributed by atoms with van der Waals surface area (Å²) >= 11 is 1.74. The van der Waals surface area contributed by atoms with E-state index in [-0.39, 0.29) is 0 Å². The maximum atomic E-state index is 10.6. The average Bonchev–Trinajstić information content (AvgIpc) is 3.27. The van der Waals surface area contributed by atoms with Crippen LogP contribution in [-0.4, -0.2) is 37.4 Å². The van der Waals surface area contributed by atoms with Gasteiger partial charge in [-0.2, -0.15) is 18.3 Å². The van der Waals surface area contributed by atoms with E-state index in [0.717, 1.165) is 17.9 Å². The molecular weight excluding hydrogens is 371 g/mol. The van der Waals surface area contributed by atoms with Crippen LogP contribution in [0.3, 0.4) is 0 Å². The first-order chi connectivity index (χ1) is 12.4. The van der Waals surface area contributed by atoms with Gasteiger partial charge in [0.05, 0.1) is 6.54 Å². The van der Waals surface area contributed by atoms with E-state index in [1.807, 2.05) is 12.1 Å². The highest BCUT2D eigenvalue weighted by atomic mass is 32.1. The standard InChI is InChI=1S/C13H13N5S.C2HF3O2/c1-2-11(19-7-1)8-15-9-12-16-13(18-17-12)10-3-5-14-6-4-10;3-2(4,5)1(6)7/h1-7,15H,8-9H2,(H,16,17,18);(H,6,7). The fourth-order valence-corrected chi connectivity index (χ4v) is 2.40. The summed E-state index contributed by atoms with van der Waals surface area (Å²) in [5, 5.41) is 19.7. The van der Waals surface area contributed by atoms with Crippen LogP contribution in [0.2, 0.25) is 0 Å². The largest absolute Gasteiger partial charge is 0.490 e. The zero-order valence-electron chi connectivity index (χ0n) is 13.2. The van der Waals surface area contributed by atoms with Crippen LogP contribution in [0.4, 0.5) is 13.2 Å². The number of hydrogen-bond acceptors (Lipinski definition) is 6. The summed E-state index contributed by atoms with van der Waals surface area (Å²) in [6.45, 7) is 1.53. The Bertz CT molecular complexity index is 806. The molecule has 0 fully saturated rings. The molecule has 0 bridgehead atoms. The van der Waals surface area contributed by atoms with Gasteiger partial charge in [-0.05, 0) is 23.6 Å². The van der Waals surface area contributed by atoms with Crippen LogP contribution < -0.4 is 5.32 Å². The summed E-state index contributed by atoms with van der Waals surface area (Å²) in [5.74, 6) is -1.22. The van der Waals surface area contributed by atoms with Crippen LogP contribution >= 0.6 is 11.3 Å². The number of aromatic nitrogens is 4. The topological polar surface area (TPSA) is 104 Å². The van der Waals surface area contributed by atoms with E-state index < -0.39 is 12.1 Å². The monoisotopic (exact) mass is 385 g/mol. The van der Waals surface area contributed by atoms with Crippen molar-refractivity contribution in [1.29, 1.82) is 0 Å². The van der Waals surface area contributed by atoms with E-state index >= 15 is 0 Å². The van der Waals surface area contributed by atoms with Crippen molar-refractivity contribution in [2.75, 3.05) is 0 Å². The first-order valence-corrected chi connectivity index (χ1v) is 8.09. The number of H-pyrrole nitrogens is 1. The number of pyridine rings is 1. The van der Waals surface area contributed by atoms with Gasteiger partial charge in [-0.3, -0.25) is 10.1 Å². The van der Waals surface area contributed by atoms with Gasteiger partial charge in [-0.25, -0.2) is 9.78 Å². The van der Waals surface area contributed by atoms with Gasteiger partial charge in [-0.15, -0.1) is 11.3 Å². The number of hydrogen-bond donors (Lipinski definition) is 3. The molecule has 3 N–H and O–H groups in total. The third kappa shape index (κ3) is 6.26. The minimum Gasteiger partial charge on any atom is -0.475 e. The van der Waals surface area contributed by atoms with Crippen molar-refractivity contribution in [3.63, 3.8) is 0 Å². The highest BCUT2D eigenvalue weighted by Gasteiger charge is 2.38. The van der Waals surface area contributed by atoms with E-state index in [1.165, 1.54) is 4.88 Å². The van der Waals surface area contributed by atoms with Gasteiger partial charge >= 0.3 is 12.1 Å². The molecule has 0 saturated heterocycles. The lowest BCUT2D eigenvalue weighted by molar-refractivity contribution is -0.192. The second-order valence-electron chi connectivity index (χ2n) is 4.83. The van der Waals surface area contributed by atoms with Gasteiger partial charge < -0.3 is 10.4 Å². The lowest BCUT2D eigenvalue weighted by atomic mass is 10.2. The zero-order valence-corrected chi connectivity index (χ0v) is 14.0. The zero-order chi connectivity index (χ0) is 19.0. The number of nitrogens with one attached hydrogen (secondary N) is 2. The molecular formula is C15H14F3N5O2S. The minimum atomic E-state index is -5.08. The number of carboxylic acid groups (broad SMARTS) is 1. The Kier molecular flexibility index (Phi) is 6.81. The summed E-state index contributed by atoms with van der Waals surface area (Å²) in [6.07, 6.45) is -1.61. The van der Waals surface area contributed by atoms with Gasteiger partial charge in [0.15, 0.2) is 5.82 Å². The van der Waals surface area contributed by atoms with E-state index in [9.17, 15) is 13.2 Å². The summed E-state index contributed by atoms with van der Waals surface area (Å²) < 4.78 is 31.7. The predicted molar refractivity (Wildman–Crippen MR) is 88.2 cm³/mol. The number of carbonyl (C=O) groups is 1. The van der Waals surface area contributed by atoms with Gasteiger partial charge in [0.1, 0.15) is 5.82 Å². The minimum absolute atomic E-state index is 0.677. The summed E-state index contributed by atoms with van der Waals surface area (Å²) in [6, 6.07) is 7.95. The molecule has 0 radical (unpaired) electrons. The molecule has 26 heavy (non-hydrogen) atoms. The lowest BCUT2D eigenvalue weighted by Gasteiger charge is -1.98. The fraction of sp³-hybridized carbons (Fsp3) is 0.200. The lowest BCUT2D eigenvalue weighted by Crippen LogP contribution is -2.21. The Balaban J connectivity index is 0.000000298. The molecule has 0 amide bonds. The Morgan fingerprint density at radius 1 is 1.23 bits per heavy atom. The first-order valence-electron chi connectivity index (χ1n) is 7.21. The maximum absolute atomic E-state index is 10.6. The Morgan fingerprint density at radius 3 is 2.50 bits per heavy atom. The van der Waals surface area contributed by atoms with Crippen LogP contribution in [-0.2, 0) is 17.9 Å². The first kappa shape index (κ1) is 19.5. The van der Waals surface area contributed by atoms with Gasteiger partial charge in [0, 0.05) is 29.4 Å². The molecule has 0 aliphatic heterocycles. The van der Waals surface area contributed by atoms with Crippen molar-refractivity contribution in [3.8, 4) is 11.4 Å². The van der Waals surface area contributed by atoms with E-state index in [4.69, 9.17) is 9.90 Å². The normalized spacial score (nSPS) is 10.9. The Hall–Kier alpha value is -2.79. The van der Waals surface area contributed by atoms with E-state index in [0.29, 0.717) is 12.4 Å². The van der Waals surface area contributed by atoms with Gasteiger partial charge in [0.25, 0.3) is 0 Å². The maximum Gasteiger partial charge on any atom is 0.490 e. The molecule has 0 unspecified atom stereocenters. The third-order valence-electron chi connectivity index (χ3n) is 2.88. The number of thiophene rings is 1. The molecule has 0 atom stereocenters. The van der Waals surface area contributed by atoms with Gasteiger partial charge in [-0.1, -0.05) is 6.07 Å². The van der Waals surface area contributed by atoms with Crippen LogP contribution in [0.5, 0.6) is 0 Å². The third-order valence-corrected chi connectivity index (χ3v) is 3.76. The fourth-order valence-electron chi connectivity index (χ4n) is 1.72. The van der Waals surface area contributed by atoms with Crippen molar-refractivity contribution in [3.05, 3.63) is 52.7 Å². The molecule has 3 aromatic rings. The second kappa shape index (κ2) is 9.06. The average molecular weight is 385 g/mol. The number of carboxylic acids is 1. The molecule has 0 aliphatic rings. The summed E-state index contributed by atoms with van der Waals surface area (Å²) in [4.78, 5) is 18.6. The molecule has 3 heterocycles. The smallest absolute Gasteiger partial charge is 0.475 e. The summed E-state index contributed by atoms with van der Waals surface area (Å²) in [5.41, 5.74) is 0.968. The second-order valence-corrected chi connectivity index (χ2v) is 5.86. The molecule has 138 valence electrons. The predicted octanol–water partition coefficient (Wildman–Crippen LogP) is 2.85.